The highest BCUT2D eigenvalue weighted by atomic mass is 16.2. The number of hydrogen-bond donors (Lipinski definition) is 1. The fraction of sp³-hybridized carbons (Fsp3) is 0.368. The van der Waals surface area contributed by atoms with Crippen LogP contribution in [-0.4, -0.2) is 48.5 Å². The van der Waals surface area contributed by atoms with Crippen LogP contribution < -0.4 is 10.2 Å². The van der Waals surface area contributed by atoms with Crippen LogP contribution >= 0.6 is 0 Å². The van der Waals surface area contributed by atoms with Gasteiger partial charge in [-0.25, -0.2) is 4.98 Å². The number of pyridine rings is 1. The first-order chi connectivity index (χ1) is 11.7. The lowest BCUT2D eigenvalue weighted by atomic mass is 10.2. The Morgan fingerprint density at radius 2 is 1.96 bits per heavy atom. The van der Waals surface area contributed by atoms with E-state index in [0.717, 1.165) is 37.7 Å². The van der Waals surface area contributed by atoms with Crippen LogP contribution in [-0.2, 0) is 4.79 Å². The van der Waals surface area contributed by atoms with Crippen molar-refractivity contribution in [3.63, 3.8) is 0 Å². The lowest BCUT2D eigenvalue weighted by Crippen LogP contribution is -2.49. The standard InChI is InChI=1S/C19H24N4O/c1-16-5-4-6-17(15-16)20-10-8-19(24)23-13-11-22(12-14-23)18-7-2-3-9-21-18/h2-7,9,15,20H,8,10-14H2,1H3. The summed E-state index contributed by atoms with van der Waals surface area (Å²) in [5.74, 6) is 1.21. The predicted octanol–water partition coefficient (Wildman–Crippen LogP) is 2.54. The van der Waals surface area contributed by atoms with E-state index in [2.05, 4.69) is 34.3 Å². The van der Waals surface area contributed by atoms with Gasteiger partial charge in [-0.2, -0.15) is 0 Å². The van der Waals surface area contributed by atoms with Crippen molar-refractivity contribution in [1.82, 2.24) is 9.88 Å². The van der Waals surface area contributed by atoms with E-state index < -0.39 is 0 Å². The molecule has 1 saturated heterocycles. The summed E-state index contributed by atoms with van der Waals surface area (Å²) in [4.78, 5) is 20.9. The fourth-order valence-corrected chi connectivity index (χ4v) is 2.95. The average molecular weight is 324 g/mol. The molecule has 1 fully saturated rings. The van der Waals surface area contributed by atoms with Gasteiger partial charge in [0, 0.05) is 51.0 Å². The van der Waals surface area contributed by atoms with Gasteiger partial charge in [-0.05, 0) is 36.8 Å². The summed E-state index contributed by atoms with van der Waals surface area (Å²) in [6.45, 7) is 5.95. The number of benzene rings is 1. The van der Waals surface area contributed by atoms with Gasteiger partial charge >= 0.3 is 0 Å². The third-order valence-corrected chi connectivity index (χ3v) is 4.29. The minimum atomic E-state index is 0.218. The van der Waals surface area contributed by atoms with E-state index in [1.165, 1.54) is 5.56 Å². The Labute approximate surface area is 143 Å². The lowest BCUT2D eigenvalue weighted by Gasteiger charge is -2.35. The molecule has 0 radical (unpaired) electrons. The van der Waals surface area contributed by atoms with Crippen molar-refractivity contribution in [2.45, 2.75) is 13.3 Å². The van der Waals surface area contributed by atoms with Crippen molar-refractivity contribution >= 4 is 17.4 Å². The number of carbonyl (C=O) groups is 1. The maximum absolute atomic E-state index is 12.4. The van der Waals surface area contributed by atoms with Crippen LogP contribution in [0.4, 0.5) is 11.5 Å². The zero-order valence-electron chi connectivity index (χ0n) is 14.1. The fourth-order valence-electron chi connectivity index (χ4n) is 2.95. The Bertz CT molecular complexity index is 666. The van der Waals surface area contributed by atoms with Gasteiger partial charge in [0.25, 0.3) is 0 Å². The number of rotatable bonds is 5. The summed E-state index contributed by atoms with van der Waals surface area (Å²) in [5.41, 5.74) is 2.29. The molecule has 2 heterocycles. The minimum Gasteiger partial charge on any atom is -0.385 e. The number of aryl methyl sites for hydroxylation is 1. The summed E-state index contributed by atoms with van der Waals surface area (Å²) in [7, 11) is 0. The minimum absolute atomic E-state index is 0.218. The third-order valence-electron chi connectivity index (χ3n) is 4.29. The normalized spacial score (nSPS) is 14.5. The van der Waals surface area contributed by atoms with Gasteiger partial charge in [0.1, 0.15) is 5.82 Å². The van der Waals surface area contributed by atoms with E-state index in [0.29, 0.717) is 13.0 Å². The highest BCUT2D eigenvalue weighted by Crippen LogP contribution is 2.13. The van der Waals surface area contributed by atoms with Gasteiger partial charge in [-0.1, -0.05) is 18.2 Å². The quantitative estimate of drug-likeness (QED) is 0.918. The van der Waals surface area contributed by atoms with Crippen LogP contribution in [0.2, 0.25) is 0 Å². The van der Waals surface area contributed by atoms with Gasteiger partial charge in [-0.15, -0.1) is 0 Å². The molecule has 5 nitrogen and oxygen atoms in total. The number of carbonyl (C=O) groups excluding carboxylic acids is 1. The molecule has 5 heteroatoms. The van der Waals surface area contributed by atoms with E-state index in [4.69, 9.17) is 0 Å². The second-order valence-corrected chi connectivity index (χ2v) is 6.10. The van der Waals surface area contributed by atoms with Crippen molar-refractivity contribution in [1.29, 1.82) is 0 Å². The molecule has 1 aromatic carbocycles. The van der Waals surface area contributed by atoms with Crippen molar-refractivity contribution in [3.05, 3.63) is 54.2 Å². The number of hydrogen-bond acceptors (Lipinski definition) is 4. The van der Waals surface area contributed by atoms with Crippen LogP contribution in [0, 0.1) is 6.92 Å². The molecule has 1 aliphatic rings. The third kappa shape index (κ3) is 4.25. The maximum atomic E-state index is 12.4. The number of anilines is 2. The highest BCUT2D eigenvalue weighted by Gasteiger charge is 2.21. The molecule has 0 bridgehead atoms. The monoisotopic (exact) mass is 324 g/mol. The first kappa shape index (κ1) is 16.3. The van der Waals surface area contributed by atoms with Crippen molar-refractivity contribution < 1.29 is 4.79 Å². The molecule has 1 aromatic heterocycles. The molecule has 1 aliphatic heterocycles. The van der Waals surface area contributed by atoms with Crippen LogP contribution in [0.3, 0.4) is 0 Å². The van der Waals surface area contributed by atoms with Crippen LogP contribution in [0.15, 0.2) is 48.7 Å². The zero-order chi connectivity index (χ0) is 16.8. The molecule has 0 spiro atoms. The topological polar surface area (TPSA) is 48.5 Å². The average Bonchev–Trinajstić information content (AvgIpc) is 2.63. The molecular weight excluding hydrogens is 300 g/mol. The molecule has 1 amide bonds. The lowest BCUT2D eigenvalue weighted by molar-refractivity contribution is -0.131. The number of piperazine rings is 1. The molecule has 24 heavy (non-hydrogen) atoms. The first-order valence-corrected chi connectivity index (χ1v) is 8.47. The molecule has 0 aliphatic carbocycles. The van der Waals surface area contributed by atoms with E-state index in [1.807, 2.05) is 41.4 Å². The smallest absolute Gasteiger partial charge is 0.224 e. The van der Waals surface area contributed by atoms with Gasteiger partial charge in [-0.3, -0.25) is 4.79 Å². The highest BCUT2D eigenvalue weighted by molar-refractivity contribution is 5.77. The number of nitrogens with zero attached hydrogens (tertiary/aromatic N) is 3. The van der Waals surface area contributed by atoms with Gasteiger partial charge < -0.3 is 15.1 Å². The second-order valence-electron chi connectivity index (χ2n) is 6.10. The number of nitrogens with one attached hydrogen (secondary N) is 1. The van der Waals surface area contributed by atoms with Crippen molar-refractivity contribution in [3.8, 4) is 0 Å². The van der Waals surface area contributed by atoms with Crippen LogP contribution in [0.5, 0.6) is 0 Å². The number of aromatic nitrogens is 1. The van der Waals surface area contributed by atoms with Crippen LogP contribution in [0.25, 0.3) is 0 Å². The van der Waals surface area contributed by atoms with E-state index in [1.54, 1.807) is 0 Å². The van der Waals surface area contributed by atoms with Crippen molar-refractivity contribution in [2.24, 2.45) is 0 Å². The summed E-state index contributed by atoms with van der Waals surface area (Å²) in [5, 5.41) is 3.32. The maximum Gasteiger partial charge on any atom is 0.224 e. The Balaban J connectivity index is 1.42. The van der Waals surface area contributed by atoms with E-state index in [-0.39, 0.29) is 5.91 Å². The Kier molecular flexibility index (Phi) is 5.31. The van der Waals surface area contributed by atoms with Gasteiger partial charge in [0.2, 0.25) is 5.91 Å². The molecule has 126 valence electrons. The summed E-state index contributed by atoms with van der Waals surface area (Å²) in [6.07, 6.45) is 2.33. The zero-order valence-corrected chi connectivity index (χ0v) is 14.1. The molecule has 2 aromatic rings. The largest absolute Gasteiger partial charge is 0.385 e. The van der Waals surface area contributed by atoms with Crippen molar-refractivity contribution in [2.75, 3.05) is 42.9 Å². The second kappa shape index (κ2) is 7.81. The molecule has 0 atom stereocenters. The van der Waals surface area contributed by atoms with Gasteiger partial charge in [0.05, 0.1) is 0 Å². The number of amides is 1. The summed E-state index contributed by atoms with van der Waals surface area (Å²) >= 11 is 0. The molecular formula is C19H24N4O. The Morgan fingerprint density at radius 1 is 1.12 bits per heavy atom. The Morgan fingerprint density at radius 3 is 2.67 bits per heavy atom. The van der Waals surface area contributed by atoms with E-state index in [9.17, 15) is 4.79 Å². The summed E-state index contributed by atoms with van der Waals surface area (Å²) < 4.78 is 0. The Hall–Kier alpha value is -2.56. The molecule has 0 unspecified atom stereocenters. The van der Waals surface area contributed by atoms with Gasteiger partial charge in [0.15, 0.2) is 0 Å². The van der Waals surface area contributed by atoms with E-state index >= 15 is 0 Å². The summed E-state index contributed by atoms with van der Waals surface area (Å²) in [6, 6.07) is 14.2. The molecule has 1 N–H and O–H groups in total. The molecule has 3 rings (SSSR count). The molecule has 0 saturated carbocycles. The van der Waals surface area contributed by atoms with Crippen LogP contribution in [0.1, 0.15) is 12.0 Å². The first-order valence-electron chi connectivity index (χ1n) is 8.47. The predicted molar refractivity (Wildman–Crippen MR) is 97.3 cm³/mol. The SMILES string of the molecule is Cc1cccc(NCCC(=O)N2CCN(c3ccccn3)CC2)c1.